The second-order valence-electron chi connectivity index (χ2n) is 5.74. The van der Waals surface area contributed by atoms with E-state index >= 15 is 0 Å². The summed E-state index contributed by atoms with van der Waals surface area (Å²) in [5.74, 6) is 0. The standard InChI is InChI=1S/C15H22ClNO/c1-11(12-4-6-13(16)7-5-12)17-14-8-9-18-15(2,3)10-14/h4-7,11,14,17H,8-10H2,1-3H3. The summed E-state index contributed by atoms with van der Waals surface area (Å²) in [7, 11) is 0. The highest BCUT2D eigenvalue weighted by Gasteiger charge is 2.29. The molecule has 2 nitrogen and oxygen atoms in total. The van der Waals surface area contributed by atoms with Gasteiger partial charge < -0.3 is 10.1 Å². The van der Waals surface area contributed by atoms with E-state index in [2.05, 4.69) is 38.2 Å². The highest BCUT2D eigenvalue weighted by atomic mass is 35.5. The maximum Gasteiger partial charge on any atom is 0.0641 e. The molecule has 1 saturated heterocycles. The molecule has 0 aliphatic carbocycles. The zero-order valence-electron chi connectivity index (χ0n) is 11.4. The van der Waals surface area contributed by atoms with Crippen molar-refractivity contribution in [2.45, 2.75) is 51.3 Å². The zero-order valence-corrected chi connectivity index (χ0v) is 12.1. The highest BCUT2D eigenvalue weighted by molar-refractivity contribution is 6.30. The van der Waals surface area contributed by atoms with Crippen LogP contribution in [-0.4, -0.2) is 18.2 Å². The molecule has 1 N–H and O–H groups in total. The van der Waals surface area contributed by atoms with E-state index in [0.29, 0.717) is 12.1 Å². The molecule has 100 valence electrons. The fraction of sp³-hybridized carbons (Fsp3) is 0.600. The van der Waals surface area contributed by atoms with Gasteiger partial charge >= 0.3 is 0 Å². The molecule has 1 fully saturated rings. The normalized spacial score (nSPS) is 24.8. The first-order chi connectivity index (χ1) is 8.46. The summed E-state index contributed by atoms with van der Waals surface area (Å²) in [5, 5.41) is 4.48. The number of rotatable bonds is 3. The Balaban J connectivity index is 1.94. The van der Waals surface area contributed by atoms with Crippen LogP contribution < -0.4 is 5.32 Å². The fourth-order valence-electron chi connectivity index (χ4n) is 2.58. The topological polar surface area (TPSA) is 21.3 Å². The molecule has 1 aromatic rings. The Morgan fingerprint density at radius 3 is 2.61 bits per heavy atom. The molecule has 0 saturated carbocycles. The molecule has 0 radical (unpaired) electrons. The lowest BCUT2D eigenvalue weighted by Crippen LogP contribution is -2.44. The van der Waals surface area contributed by atoms with Crippen LogP contribution in [0.2, 0.25) is 5.02 Å². The minimum atomic E-state index is -0.00433. The van der Waals surface area contributed by atoms with Crippen molar-refractivity contribution in [1.29, 1.82) is 0 Å². The van der Waals surface area contributed by atoms with Gasteiger partial charge in [0.05, 0.1) is 5.60 Å². The number of halogens is 1. The van der Waals surface area contributed by atoms with Crippen molar-refractivity contribution in [1.82, 2.24) is 5.32 Å². The first-order valence-corrected chi connectivity index (χ1v) is 6.99. The van der Waals surface area contributed by atoms with Gasteiger partial charge in [-0.25, -0.2) is 0 Å². The van der Waals surface area contributed by atoms with E-state index < -0.39 is 0 Å². The highest BCUT2D eigenvalue weighted by Crippen LogP contribution is 2.26. The molecule has 0 bridgehead atoms. The Morgan fingerprint density at radius 1 is 1.33 bits per heavy atom. The maximum absolute atomic E-state index is 5.91. The summed E-state index contributed by atoms with van der Waals surface area (Å²) in [6, 6.07) is 8.95. The van der Waals surface area contributed by atoms with Gasteiger partial charge in [0.1, 0.15) is 0 Å². The van der Waals surface area contributed by atoms with E-state index in [1.165, 1.54) is 5.56 Å². The third-order valence-corrected chi connectivity index (χ3v) is 3.80. The predicted octanol–water partition coefficient (Wildman–Crippen LogP) is 3.95. The van der Waals surface area contributed by atoms with Crippen LogP contribution in [0.25, 0.3) is 0 Å². The van der Waals surface area contributed by atoms with Gasteiger partial charge in [-0.1, -0.05) is 23.7 Å². The minimum absolute atomic E-state index is 0.00433. The van der Waals surface area contributed by atoms with Gasteiger partial charge in [0.25, 0.3) is 0 Å². The first kappa shape index (κ1) is 13.9. The molecule has 3 heteroatoms. The summed E-state index contributed by atoms with van der Waals surface area (Å²) >= 11 is 5.91. The predicted molar refractivity (Wildman–Crippen MR) is 76.1 cm³/mol. The average molecular weight is 268 g/mol. The molecule has 1 aromatic carbocycles. The van der Waals surface area contributed by atoms with E-state index in [1.807, 2.05) is 12.1 Å². The molecule has 1 aliphatic rings. The lowest BCUT2D eigenvalue weighted by molar-refractivity contribution is -0.0639. The van der Waals surface area contributed by atoms with Gasteiger partial charge in [0.15, 0.2) is 0 Å². The summed E-state index contributed by atoms with van der Waals surface area (Å²) in [5.41, 5.74) is 1.28. The van der Waals surface area contributed by atoms with E-state index in [-0.39, 0.29) is 5.60 Å². The first-order valence-electron chi connectivity index (χ1n) is 6.62. The largest absolute Gasteiger partial charge is 0.375 e. The smallest absolute Gasteiger partial charge is 0.0641 e. The molecular weight excluding hydrogens is 246 g/mol. The van der Waals surface area contributed by atoms with Crippen molar-refractivity contribution in [2.75, 3.05) is 6.61 Å². The molecule has 2 unspecified atom stereocenters. The molecule has 0 aromatic heterocycles. The van der Waals surface area contributed by atoms with Gasteiger partial charge in [-0.3, -0.25) is 0 Å². The van der Waals surface area contributed by atoms with Crippen LogP contribution in [0.4, 0.5) is 0 Å². The molecule has 1 heterocycles. The van der Waals surface area contributed by atoms with E-state index in [0.717, 1.165) is 24.5 Å². The number of hydrogen-bond acceptors (Lipinski definition) is 2. The third kappa shape index (κ3) is 3.71. The number of nitrogens with one attached hydrogen (secondary N) is 1. The Kier molecular flexibility index (Phi) is 4.31. The minimum Gasteiger partial charge on any atom is -0.375 e. The molecule has 18 heavy (non-hydrogen) atoms. The number of hydrogen-bond donors (Lipinski definition) is 1. The summed E-state index contributed by atoms with van der Waals surface area (Å²) < 4.78 is 5.74. The van der Waals surface area contributed by atoms with Crippen LogP contribution in [0.1, 0.15) is 45.2 Å². The Labute approximate surface area is 115 Å². The second-order valence-corrected chi connectivity index (χ2v) is 6.17. The average Bonchev–Trinajstić information content (AvgIpc) is 2.28. The lowest BCUT2D eigenvalue weighted by atomic mass is 9.93. The number of ether oxygens (including phenoxy) is 1. The molecule has 1 aliphatic heterocycles. The summed E-state index contributed by atoms with van der Waals surface area (Å²) in [4.78, 5) is 0. The maximum atomic E-state index is 5.91. The van der Waals surface area contributed by atoms with E-state index in [1.54, 1.807) is 0 Å². The van der Waals surface area contributed by atoms with Gasteiger partial charge in [-0.05, 0) is 51.3 Å². The van der Waals surface area contributed by atoms with Crippen LogP contribution in [0, 0.1) is 0 Å². The lowest BCUT2D eigenvalue weighted by Gasteiger charge is -2.37. The fourth-order valence-corrected chi connectivity index (χ4v) is 2.70. The number of benzene rings is 1. The Morgan fingerprint density at radius 2 is 2.00 bits per heavy atom. The third-order valence-electron chi connectivity index (χ3n) is 3.55. The van der Waals surface area contributed by atoms with Crippen LogP contribution in [0.3, 0.4) is 0 Å². The SMILES string of the molecule is CC(NC1CCOC(C)(C)C1)c1ccc(Cl)cc1. The van der Waals surface area contributed by atoms with Gasteiger partial charge in [-0.2, -0.15) is 0 Å². The zero-order chi connectivity index (χ0) is 13.2. The molecule has 2 rings (SSSR count). The van der Waals surface area contributed by atoms with Crippen LogP contribution in [-0.2, 0) is 4.74 Å². The van der Waals surface area contributed by atoms with Crippen molar-refractivity contribution >= 4 is 11.6 Å². The molecule has 0 spiro atoms. The summed E-state index contributed by atoms with van der Waals surface area (Å²) in [6.07, 6.45) is 2.15. The van der Waals surface area contributed by atoms with Crippen LogP contribution in [0.5, 0.6) is 0 Å². The van der Waals surface area contributed by atoms with Gasteiger partial charge in [0.2, 0.25) is 0 Å². The van der Waals surface area contributed by atoms with Crippen molar-refractivity contribution in [3.05, 3.63) is 34.9 Å². The van der Waals surface area contributed by atoms with Crippen molar-refractivity contribution in [3.63, 3.8) is 0 Å². The monoisotopic (exact) mass is 267 g/mol. The molecule has 2 atom stereocenters. The van der Waals surface area contributed by atoms with Gasteiger partial charge in [-0.15, -0.1) is 0 Å². The van der Waals surface area contributed by atoms with Crippen LogP contribution in [0.15, 0.2) is 24.3 Å². The Hall–Kier alpha value is -0.570. The molecule has 0 amide bonds. The van der Waals surface area contributed by atoms with Gasteiger partial charge in [0, 0.05) is 23.7 Å². The van der Waals surface area contributed by atoms with E-state index in [9.17, 15) is 0 Å². The van der Waals surface area contributed by atoms with Crippen molar-refractivity contribution in [3.8, 4) is 0 Å². The van der Waals surface area contributed by atoms with Crippen LogP contribution >= 0.6 is 11.6 Å². The molecular formula is C15H22ClNO. The van der Waals surface area contributed by atoms with Crippen molar-refractivity contribution in [2.24, 2.45) is 0 Å². The Bertz CT molecular complexity index is 388. The van der Waals surface area contributed by atoms with Crippen molar-refractivity contribution < 1.29 is 4.74 Å². The quantitative estimate of drug-likeness (QED) is 0.895. The second kappa shape index (κ2) is 5.60. The van der Waals surface area contributed by atoms with E-state index in [4.69, 9.17) is 16.3 Å². The summed E-state index contributed by atoms with van der Waals surface area (Å²) in [6.45, 7) is 7.37.